The minimum absolute atomic E-state index is 0.0877. The van der Waals surface area contributed by atoms with Crippen molar-refractivity contribution in [1.29, 1.82) is 0 Å². The molecule has 0 saturated heterocycles. The van der Waals surface area contributed by atoms with Gasteiger partial charge in [0, 0.05) is 17.9 Å². The average molecular weight is 458 g/mol. The number of aromatic amines is 1. The van der Waals surface area contributed by atoms with Crippen LogP contribution in [0.25, 0.3) is 22.5 Å². The van der Waals surface area contributed by atoms with Crippen molar-refractivity contribution in [2.24, 2.45) is 0 Å². The van der Waals surface area contributed by atoms with Crippen LogP contribution in [0.1, 0.15) is 68.2 Å². The molecule has 2 atom stereocenters. The number of H-pyrrole nitrogens is 1. The molecule has 9 nitrogen and oxygen atoms in total. The zero-order valence-corrected chi connectivity index (χ0v) is 19.1. The van der Waals surface area contributed by atoms with Crippen LogP contribution in [-0.2, 0) is 11.2 Å². The number of fused-ring (bicyclic) bond motifs is 1. The summed E-state index contributed by atoms with van der Waals surface area (Å²) < 4.78 is 2.20. The van der Waals surface area contributed by atoms with Crippen molar-refractivity contribution < 1.29 is 9.90 Å². The van der Waals surface area contributed by atoms with Crippen LogP contribution < -0.4 is 0 Å². The molecule has 9 heteroatoms. The van der Waals surface area contributed by atoms with Crippen LogP contribution in [0.5, 0.6) is 0 Å². The molecular formula is C25H27N7O2. The van der Waals surface area contributed by atoms with E-state index in [1.54, 1.807) is 0 Å². The van der Waals surface area contributed by atoms with Gasteiger partial charge in [-0.1, -0.05) is 61.9 Å². The quantitative estimate of drug-likeness (QED) is 0.402. The number of carbonyl (C=O) groups is 1. The molecule has 1 aliphatic rings. The van der Waals surface area contributed by atoms with Gasteiger partial charge in [0.15, 0.2) is 0 Å². The summed E-state index contributed by atoms with van der Waals surface area (Å²) in [6.45, 7) is 2.16. The van der Waals surface area contributed by atoms with Crippen LogP contribution in [0.2, 0.25) is 0 Å². The molecule has 2 N–H and O–H groups in total. The summed E-state index contributed by atoms with van der Waals surface area (Å²) in [6, 6.07) is 16.6. The number of aryl methyl sites for hydroxylation is 1. The molecule has 4 aromatic rings. The zero-order valence-electron chi connectivity index (χ0n) is 19.1. The largest absolute Gasteiger partial charge is 0.481 e. The number of aliphatic carboxylic acids is 1. The van der Waals surface area contributed by atoms with Crippen molar-refractivity contribution >= 4 is 5.97 Å². The smallest absolute Gasteiger partial charge is 0.304 e. The van der Waals surface area contributed by atoms with Gasteiger partial charge in [-0.3, -0.25) is 4.79 Å². The topological polar surface area (TPSA) is 122 Å². The molecule has 0 unspecified atom stereocenters. The molecular weight excluding hydrogens is 430 g/mol. The van der Waals surface area contributed by atoms with E-state index in [0.717, 1.165) is 60.4 Å². The predicted octanol–water partition coefficient (Wildman–Crippen LogP) is 4.41. The van der Waals surface area contributed by atoms with Gasteiger partial charge < -0.3 is 9.67 Å². The van der Waals surface area contributed by atoms with Crippen LogP contribution in [-0.4, -0.2) is 46.5 Å². The van der Waals surface area contributed by atoms with Gasteiger partial charge in [-0.25, -0.2) is 0 Å². The Labute approximate surface area is 197 Å². The fourth-order valence-corrected chi connectivity index (χ4v) is 4.89. The molecule has 0 fully saturated rings. The molecule has 0 bridgehead atoms. The number of tetrazole rings is 1. The third-order valence-electron chi connectivity index (χ3n) is 6.55. The first-order valence-corrected chi connectivity index (χ1v) is 11.7. The Morgan fingerprint density at radius 1 is 1.06 bits per heavy atom. The lowest BCUT2D eigenvalue weighted by atomic mass is 9.87. The lowest BCUT2D eigenvalue weighted by Crippen LogP contribution is -2.25. The van der Waals surface area contributed by atoms with E-state index in [0.29, 0.717) is 5.82 Å². The Kier molecular flexibility index (Phi) is 6.16. The molecule has 3 heterocycles. The average Bonchev–Trinajstić information content (AvgIpc) is 3.54. The minimum Gasteiger partial charge on any atom is -0.481 e. The molecule has 34 heavy (non-hydrogen) atoms. The highest BCUT2D eigenvalue weighted by molar-refractivity contribution is 5.80. The Hall–Kier alpha value is -3.88. The van der Waals surface area contributed by atoms with E-state index in [1.165, 1.54) is 5.56 Å². The van der Waals surface area contributed by atoms with Crippen LogP contribution in [0.15, 0.2) is 48.5 Å². The van der Waals surface area contributed by atoms with Crippen molar-refractivity contribution in [1.82, 2.24) is 35.4 Å². The normalized spacial score (nSPS) is 17.4. The number of aromatic nitrogens is 7. The Morgan fingerprint density at radius 3 is 2.56 bits per heavy atom. The fraction of sp³-hybridized carbons (Fsp3) is 0.360. The lowest BCUT2D eigenvalue weighted by molar-refractivity contribution is -0.137. The molecule has 2 aromatic carbocycles. The van der Waals surface area contributed by atoms with Gasteiger partial charge in [-0.2, -0.15) is 5.21 Å². The number of carboxylic acid groups (broad SMARTS) is 1. The van der Waals surface area contributed by atoms with Crippen LogP contribution in [0.3, 0.4) is 0 Å². The summed E-state index contributed by atoms with van der Waals surface area (Å²) in [6.07, 6.45) is 4.67. The first-order valence-electron chi connectivity index (χ1n) is 11.7. The van der Waals surface area contributed by atoms with E-state index >= 15 is 0 Å². The monoisotopic (exact) mass is 457 g/mol. The van der Waals surface area contributed by atoms with Gasteiger partial charge in [0.05, 0.1) is 12.5 Å². The van der Waals surface area contributed by atoms with E-state index in [1.807, 2.05) is 18.2 Å². The van der Waals surface area contributed by atoms with Gasteiger partial charge in [-0.15, -0.1) is 20.4 Å². The van der Waals surface area contributed by atoms with Crippen molar-refractivity contribution in [3.05, 3.63) is 65.7 Å². The zero-order chi connectivity index (χ0) is 23.5. The summed E-state index contributed by atoms with van der Waals surface area (Å²) >= 11 is 0. The highest BCUT2D eigenvalue weighted by atomic mass is 16.4. The second-order valence-electron chi connectivity index (χ2n) is 8.74. The maximum atomic E-state index is 11.4. The maximum absolute atomic E-state index is 11.4. The molecule has 1 aliphatic heterocycles. The Morgan fingerprint density at radius 2 is 1.85 bits per heavy atom. The molecule has 0 amide bonds. The van der Waals surface area contributed by atoms with Gasteiger partial charge in [0.2, 0.25) is 5.82 Å². The second kappa shape index (κ2) is 9.54. The molecule has 0 saturated carbocycles. The Bertz CT molecular complexity index is 1260. The van der Waals surface area contributed by atoms with Gasteiger partial charge in [0.25, 0.3) is 0 Å². The third kappa shape index (κ3) is 4.21. The number of nitrogens with one attached hydrogen (secondary N) is 1. The standard InChI is InChI=1S/C25H27N7O2/c1-2-3-8-22-26-29-25-18(15-23(33)34)13-14-21(32(22)25)17-11-9-16(10-12-17)19-6-4-5-7-20(19)24-27-30-31-28-24/h4-7,9-12,18,21H,2-3,8,13-15H2,1H3,(H,33,34)(H,27,28,30,31)/t18-,21+/m0/s1. The summed E-state index contributed by atoms with van der Waals surface area (Å²) in [5, 5.41) is 32.8. The van der Waals surface area contributed by atoms with Gasteiger partial charge in [-0.05, 0) is 41.2 Å². The number of nitrogens with zero attached hydrogens (tertiary/aromatic N) is 6. The molecule has 174 valence electrons. The van der Waals surface area contributed by atoms with E-state index in [9.17, 15) is 9.90 Å². The van der Waals surface area contributed by atoms with Crippen molar-refractivity contribution in [2.45, 2.75) is 57.4 Å². The minimum atomic E-state index is -0.794. The third-order valence-corrected chi connectivity index (χ3v) is 6.55. The van der Waals surface area contributed by atoms with E-state index in [-0.39, 0.29) is 18.4 Å². The number of hydrogen-bond donors (Lipinski definition) is 2. The lowest BCUT2D eigenvalue weighted by Gasteiger charge is -2.31. The number of benzene rings is 2. The number of unbranched alkanes of at least 4 members (excludes halogenated alkanes) is 1. The Balaban J connectivity index is 1.48. The summed E-state index contributed by atoms with van der Waals surface area (Å²) in [4.78, 5) is 11.4. The SMILES string of the molecule is CCCCc1nnc2n1[C@@H](c1ccc(-c3ccccc3-c3nn[nH]n3)cc1)CC[C@H]2CC(=O)O. The summed E-state index contributed by atoms with van der Waals surface area (Å²) in [5.74, 6) is 1.42. The summed E-state index contributed by atoms with van der Waals surface area (Å²) in [7, 11) is 0. The van der Waals surface area contributed by atoms with Gasteiger partial charge in [0.1, 0.15) is 11.6 Å². The van der Waals surface area contributed by atoms with Crippen molar-refractivity contribution in [3.63, 3.8) is 0 Å². The maximum Gasteiger partial charge on any atom is 0.304 e. The van der Waals surface area contributed by atoms with Crippen molar-refractivity contribution in [2.75, 3.05) is 0 Å². The predicted molar refractivity (Wildman–Crippen MR) is 126 cm³/mol. The van der Waals surface area contributed by atoms with E-state index < -0.39 is 5.97 Å². The molecule has 5 rings (SSSR count). The first-order chi connectivity index (χ1) is 16.7. The number of hydrogen-bond acceptors (Lipinski definition) is 6. The number of carboxylic acids is 1. The molecule has 0 spiro atoms. The number of rotatable bonds is 8. The molecule has 0 aliphatic carbocycles. The second-order valence-corrected chi connectivity index (χ2v) is 8.74. The van der Waals surface area contributed by atoms with E-state index in [2.05, 4.69) is 72.6 Å². The first kappa shape index (κ1) is 21.9. The van der Waals surface area contributed by atoms with Crippen LogP contribution in [0, 0.1) is 0 Å². The van der Waals surface area contributed by atoms with Crippen molar-refractivity contribution in [3.8, 4) is 22.5 Å². The molecule has 2 aromatic heterocycles. The summed E-state index contributed by atoms with van der Waals surface area (Å²) in [5.41, 5.74) is 4.20. The van der Waals surface area contributed by atoms with Gasteiger partial charge >= 0.3 is 5.97 Å². The highest BCUT2D eigenvalue weighted by Crippen LogP contribution is 2.40. The highest BCUT2D eigenvalue weighted by Gasteiger charge is 2.33. The van der Waals surface area contributed by atoms with Crippen LogP contribution in [0.4, 0.5) is 0 Å². The van der Waals surface area contributed by atoms with Crippen LogP contribution >= 0.6 is 0 Å². The fourth-order valence-electron chi connectivity index (χ4n) is 4.89. The van der Waals surface area contributed by atoms with E-state index in [4.69, 9.17) is 0 Å². The molecule has 0 radical (unpaired) electrons.